The number of halogens is 4. The summed E-state index contributed by atoms with van der Waals surface area (Å²) in [6, 6.07) is 5.46. The van der Waals surface area contributed by atoms with E-state index in [0.717, 1.165) is 12.1 Å². The van der Waals surface area contributed by atoms with Crippen molar-refractivity contribution in [2.24, 2.45) is 3.77 Å². The Bertz CT molecular complexity index is 618. The molecule has 0 amide bonds. The molecule has 0 aromatic heterocycles. The van der Waals surface area contributed by atoms with Crippen LogP contribution in [-0.2, 0) is 19.0 Å². The van der Waals surface area contributed by atoms with Gasteiger partial charge < -0.3 is 0 Å². The highest BCUT2D eigenvalue weighted by Crippen LogP contribution is 2.33. The van der Waals surface area contributed by atoms with Crippen molar-refractivity contribution in [3.63, 3.8) is 0 Å². The van der Waals surface area contributed by atoms with Gasteiger partial charge in [0.15, 0.2) is 9.73 Å². The Morgan fingerprint density at radius 2 is 1.53 bits per heavy atom. The molecule has 0 saturated carbocycles. The predicted molar refractivity (Wildman–Crippen MR) is 56.1 cm³/mol. The van der Waals surface area contributed by atoms with Crippen molar-refractivity contribution in [2.45, 2.75) is 10.4 Å². The molecule has 1 atom stereocenters. The number of nitrogens with zero attached hydrogens (tertiary/aromatic N) is 1. The molecule has 1 unspecified atom stereocenters. The molecule has 0 aliphatic rings. The van der Waals surface area contributed by atoms with E-state index in [1.807, 2.05) is 0 Å². The fourth-order valence-electron chi connectivity index (χ4n) is 0.949. The minimum Gasteiger partial charge on any atom is -0.235 e. The fourth-order valence-corrected chi connectivity index (χ4v) is 4.14. The van der Waals surface area contributed by atoms with Crippen LogP contribution in [0.15, 0.2) is 39.0 Å². The number of rotatable bonds is 2. The molecule has 0 bridgehead atoms. The maximum atomic E-state index is 12.6. The van der Waals surface area contributed by atoms with Gasteiger partial charge in [-0.2, -0.15) is 21.6 Å². The van der Waals surface area contributed by atoms with Crippen LogP contribution in [0.4, 0.5) is 13.2 Å². The molecule has 0 radical (unpaired) electrons. The molecular weight excluding hydrogens is 303 g/mol. The first-order valence-corrected chi connectivity index (χ1v) is 7.69. The third-order valence-corrected chi connectivity index (χ3v) is 5.17. The summed E-state index contributed by atoms with van der Waals surface area (Å²) < 4.78 is 72.9. The van der Waals surface area contributed by atoms with Gasteiger partial charge in [-0.1, -0.05) is 22.0 Å². The topological polar surface area (TPSA) is 63.6 Å². The second kappa shape index (κ2) is 4.46. The standard InChI is InChI=1S/C7H5ClF3NO3S2/c8-17(14,15)12-16(13,7(9,10)11)6-4-2-1-3-5-6/h1-5H. The predicted octanol–water partition coefficient (Wildman–Crippen LogP) is 2.52. The zero-order valence-corrected chi connectivity index (χ0v) is 10.3. The molecule has 0 aliphatic carbocycles. The molecule has 0 fully saturated rings. The molecule has 1 aromatic rings. The first-order chi connectivity index (χ1) is 7.56. The number of alkyl halides is 3. The third kappa shape index (κ3) is 3.33. The van der Waals surface area contributed by atoms with E-state index in [4.69, 9.17) is 0 Å². The largest absolute Gasteiger partial charge is 0.484 e. The molecule has 10 heteroatoms. The van der Waals surface area contributed by atoms with Crippen LogP contribution in [-0.4, -0.2) is 18.1 Å². The second-order valence-electron chi connectivity index (χ2n) is 2.77. The van der Waals surface area contributed by atoms with E-state index in [2.05, 4.69) is 14.5 Å². The summed E-state index contributed by atoms with van der Waals surface area (Å²) in [4.78, 5) is -0.767. The third-order valence-electron chi connectivity index (χ3n) is 1.57. The van der Waals surface area contributed by atoms with Crippen LogP contribution in [0.5, 0.6) is 0 Å². The quantitative estimate of drug-likeness (QED) is 0.789. The first-order valence-electron chi connectivity index (χ1n) is 3.91. The van der Waals surface area contributed by atoms with Crippen molar-refractivity contribution in [1.82, 2.24) is 0 Å². The fraction of sp³-hybridized carbons (Fsp3) is 0.143. The van der Waals surface area contributed by atoms with Crippen LogP contribution in [0.2, 0.25) is 0 Å². The summed E-state index contributed by atoms with van der Waals surface area (Å²) in [5, 5.41) is 0. The van der Waals surface area contributed by atoms with Crippen LogP contribution in [0, 0.1) is 0 Å². The molecule has 4 nitrogen and oxygen atoms in total. The van der Waals surface area contributed by atoms with Crippen LogP contribution >= 0.6 is 10.7 Å². The van der Waals surface area contributed by atoms with Gasteiger partial charge in [-0.15, -0.1) is 0 Å². The van der Waals surface area contributed by atoms with Crippen molar-refractivity contribution < 1.29 is 25.8 Å². The molecule has 0 N–H and O–H groups in total. The van der Waals surface area contributed by atoms with Gasteiger partial charge in [-0.25, -0.2) is 4.21 Å². The average Bonchev–Trinajstić information content (AvgIpc) is 2.14. The lowest BCUT2D eigenvalue weighted by Crippen LogP contribution is -2.23. The monoisotopic (exact) mass is 307 g/mol. The molecule has 1 aromatic carbocycles. The number of hydrogen-bond donors (Lipinski definition) is 0. The van der Waals surface area contributed by atoms with Gasteiger partial charge in [0, 0.05) is 10.7 Å². The molecule has 0 spiro atoms. The highest BCUT2D eigenvalue weighted by atomic mass is 35.7. The SMILES string of the molecule is O=S(=O)(Cl)N=S(=O)(c1ccccc1)C(F)(F)F. The Hall–Kier alpha value is -0.800. The van der Waals surface area contributed by atoms with Gasteiger partial charge in [-0.05, 0) is 12.1 Å². The van der Waals surface area contributed by atoms with E-state index in [1.54, 1.807) is 0 Å². The summed E-state index contributed by atoms with van der Waals surface area (Å²) in [5.41, 5.74) is -5.34. The van der Waals surface area contributed by atoms with Gasteiger partial charge in [0.25, 0.3) is 0 Å². The Balaban J connectivity index is 3.67. The van der Waals surface area contributed by atoms with Crippen LogP contribution in [0.1, 0.15) is 0 Å². The lowest BCUT2D eigenvalue weighted by molar-refractivity contribution is -0.0401. The molecule has 1 rings (SSSR count). The Morgan fingerprint density at radius 3 is 1.88 bits per heavy atom. The Labute approximate surface area is 100 Å². The van der Waals surface area contributed by atoms with Gasteiger partial charge in [0.05, 0.1) is 4.90 Å². The number of benzene rings is 1. The normalized spacial score (nSPS) is 16.2. The minimum atomic E-state index is -5.34. The van der Waals surface area contributed by atoms with E-state index in [0.29, 0.717) is 0 Å². The van der Waals surface area contributed by atoms with Crippen LogP contribution < -0.4 is 0 Å². The van der Waals surface area contributed by atoms with Gasteiger partial charge in [0.2, 0.25) is 0 Å². The summed E-state index contributed by atoms with van der Waals surface area (Å²) in [6.07, 6.45) is 0. The van der Waals surface area contributed by atoms with Crippen molar-refractivity contribution in [2.75, 3.05) is 0 Å². The van der Waals surface area contributed by atoms with Gasteiger partial charge >= 0.3 is 14.7 Å². The van der Waals surface area contributed by atoms with Crippen molar-refractivity contribution in [3.8, 4) is 0 Å². The van der Waals surface area contributed by atoms with Crippen molar-refractivity contribution >= 4 is 29.6 Å². The van der Waals surface area contributed by atoms with Crippen molar-refractivity contribution in [1.29, 1.82) is 0 Å². The highest BCUT2D eigenvalue weighted by Gasteiger charge is 2.46. The van der Waals surface area contributed by atoms with E-state index in [-0.39, 0.29) is 0 Å². The molecule has 96 valence electrons. The van der Waals surface area contributed by atoms with E-state index in [9.17, 15) is 25.8 Å². The molecule has 17 heavy (non-hydrogen) atoms. The first kappa shape index (κ1) is 14.3. The summed E-state index contributed by atoms with van der Waals surface area (Å²) in [6.45, 7) is 0. The smallest absolute Gasteiger partial charge is 0.235 e. The average molecular weight is 308 g/mol. The highest BCUT2D eigenvalue weighted by molar-refractivity contribution is 8.17. The summed E-state index contributed by atoms with van der Waals surface area (Å²) in [7, 11) is -5.45. The lowest BCUT2D eigenvalue weighted by Gasteiger charge is -2.12. The minimum absolute atomic E-state index is 0.767. The Kier molecular flexibility index (Phi) is 3.75. The van der Waals surface area contributed by atoms with Crippen LogP contribution in [0.3, 0.4) is 0 Å². The summed E-state index contributed by atoms with van der Waals surface area (Å²) >= 11 is 0. The Morgan fingerprint density at radius 1 is 1.06 bits per heavy atom. The van der Waals surface area contributed by atoms with E-state index < -0.39 is 29.4 Å². The van der Waals surface area contributed by atoms with Crippen molar-refractivity contribution in [3.05, 3.63) is 30.3 Å². The van der Waals surface area contributed by atoms with Crippen LogP contribution in [0.25, 0.3) is 0 Å². The molecule has 0 saturated heterocycles. The molecule has 0 heterocycles. The maximum Gasteiger partial charge on any atom is 0.484 e. The lowest BCUT2D eigenvalue weighted by atomic mass is 10.4. The second-order valence-corrected chi connectivity index (χ2v) is 7.35. The van der Waals surface area contributed by atoms with Gasteiger partial charge in [-0.3, -0.25) is 0 Å². The van der Waals surface area contributed by atoms with Gasteiger partial charge in [0.1, 0.15) is 0 Å². The number of hydrogen-bond acceptors (Lipinski definition) is 3. The zero-order chi connectivity index (χ0) is 13.3. The summed E-state index contributed by atoms with van der Waals surface area (Å²) in [5.74, 6) is 0. The van der Waals surface area contributed by atoms with E-state index in [1.165, 1.54) is 18.2 Å². The maximum absolute atomic E-state index is 12.6. The van der Waals surface area contributed by atoms with E-state index >= 15 is 0 Å². The molecular formula is C7H5ClF3NO3S2. The molecule has 0 aliphatic heterocycles. The zero-order valence-electron chi connectivity index (χ0n) is 7.89.